The van der Waals surface area contributed by atoms with E-state index < -0.39 is 32.5 Å². The molecule has 0 saturated carbocycles. The average Bonchev–Trinajstić information content (AvgIpc) is 3.22. The fraction of sp³-hybridized carbons (Fsp3) is 0.755. The molecule has 0 saturated heterocycles. The maximum absolute atomic E-state index is 12.6. The van der Waals surface area contributed by atoms with Crippen molar-refractivity contribution in [1.82, 2.24) is 0 Å². The van der Waals surface area contributed by atoms with Crippen molar-refractivity contribution in [2.75, 3.05) is 26.4 Å². The lowest BCUT2D eigenvalue weighted by Crippen LogP contribution is -2.29. The topological polar surface area (TPSA) is 134 Å². The monoisotopic (exact) mass is 850 g/mol. The fourth-order valence-corrected chi connectivity index (χ4v) is 7.20. The van der Waals surface area contributed by atoms with Crippen LogP contribution in [0.15, 0.2) is 60.8 Å². The molecule has 9 nitrogen and oxygen atoms in total. The van der Waals surface area contributed by atoms with Gasteiger partial charge in [0.05, 0.1) is 13.2 Å². The Hall–Kier alpha value is -2.29. The van der Waals surface area contributed by atoms with Crippen LogP contribution in [0, 0.1) is 0 Å². The Labute approximate surface area is 361 Å². The molecule has 0 fully saturated rings. The molecule has 0 spiro atoms. The van der Waals surface area contributed by atoms with Crippen LogP contribution < -0.4 is 5.73 Å². The van der Waals surface area contributed by atoms with Crippen LogP contribution in [-0.4, -0.2) is 49.3 Å². The van der Waals surface area contributed by atoms with E-state index in [0.717, 1.165) is 51.4 Å². The van der Waals surface area contributed by atoms with E-state index in [9.17, 15) is 19.0 Å². The predicted molar refractivity (Wildman–Crippen MR) is 247 cm³/mol. The number of ether oxygens (including phenoxy) is 2. The summed E-state index contributed by atoms with van der Waals surface area (Å²) < 4.78 is 32.8. The molecule has 0 rings (SSSR count). The normalized spacial score (nSPS) is 13.8. The van der Waals surface area contributed by atoms with Gasteiger partial charge >= 0.3 is 19.8 Å². The van der Waals surface area contributed by atoms with Crippen molar-refractivity contribution in [3.05, 3.63) is 60.8 Å². The van der Waals surface area contributed by atoms with E-state index in [1.54, 1.807) is 0 Å². The number of carbonyl (C=O) groups is 2. The summed E-state index contributed by atoms with van der Waals surface area (Å²) >= 11 is 0. The number of hydrogen-bond acceptors (Lipinski definition) is 8. The Balaban J connectivity index is 4.14. The van der Waals surface area contributed by atoms with Crippen LogP contribution in [0.1, 0.15) is 206 Å². The van der Waals surface area contributed by atoms with Crippen LogP contribution in [0.2, 0.25) is 0 Å². The molecule has 59 heavy (non-hydrogen) atoms. The molecule has 342 valence electrons. The van der Waals surface area contributed by atoms with Crippen molar-refractivity contribution in [2.45, 2.75) is 213 Å². The van der Waals surface area contributed by atoms with Crippen molar-refractivity contribution in [1.29, 1.82) is 0 Å². The molecule has 0 bridgehead atoms. The molecule has 0 radical (unpaired) electrons. The highest BCUT2D eigenvalue weighted by molar-refractivity contribution is 7.47. The van der Waals surface area contributed by atoms with E-state index >= 15 is 0 Å². The van der Waals surface area contributed by atoms with E-state index in [0.29, 0.717) is 12.8 Å². The second-order valence-corrected chi connectivity index (χ2v) is 17.1. The van der Waals surface area contributed by atoms with E-state index in [-0.39, 0.29) is 32.6 Å². The lowest BCUT2D eigenvalue weighted by atomic mass is 10.0. The first kappa shape index (κ1) is 56.7. The molecule has 10 heteroatoms. The summed E-state index contributed by atoms with van der Waals surface area (Å²) in [7, 11) is -4.40. The largest absolute Gasteiger partial charge is 0.472 e. The second-order valence-electron chi connectivity index (χ2n) is 15.6. The molecule has 2 atom stereocenters. The minimum atomic E-state index is -4.40. The second kappa shape index (κ2) is 45.2. The minimum Gasteiger partial charge on any atom is -0.462 e. The predicted octanol–water partition coefficient (Wildman–Crippen LogP) is 14.1. The SMILES string of the molecule is CC/C=C/C/C=C/C/C=C/C/C=C/C/C=C/CCCC(=O)O[C@H](COC(=O)CCCCCCCCCCCCCCCCCCCCCCC)COP(=O)(O)OCCN. The van der Waals surface area contributed by atoms with Crippen molar-refractivity contribution < 1.29 is 37.6 Å². The van der Waals surface area contributed by atoms with Crippen LogP contribution in [0.5, 0.6) is 0 Å². The number of hydrogen-bond donors (Lipinski definition) is 2. The van der Waals surface area contributed by atoms with Crippen molar-refractivity contribution in [3.63, 3.8) is 0 Å². The summed E-state index contributed by atoms with van der Waals surface area (Å²) in [6, 6.07) is 0. The lowest BCUT2D eigenvalue weighted by Gasteiger charge is -2.19. The molecule has 0 aliphatic heterocycles. The number of carbonyl (C=O) groups excluding carboxylic acids is 2. The van der Waals surface area contributed by atoms with Gasteiger partial charge in [-0.2, -0.15) is 0 Å². The summed E-state index contributed by atoms with van der Waals surface area (Å²) in [6.07, 6.45) is 54.1. The summed E-state index contributed by atoms with van der Waals surface area (Å²) in [6.45, 7) is 3.57. The van der Waals surface area contributed by atoms with E-state index in [4.69, 9.17) is 24.3 Å². The zero-order chi connectivity index (χ0) is 43.2. The summed E-state index contributed by atoms with van der Waals surface area (Å²) in [5, 5.41) is 0. The van der Waals surface area contributed by atoms with Gasteiger partial charge in [0.25, 0.3) is 0 Å². The Morgan fingerprint density at radius 3 is 1.37 bits per heavy atom. The zero-order valence-electron chi connectivity index (χ0n) is 37.7. The van der Waals surface area contributed by atoms with Crippen LogP contribution >= 0.6 is 7.82 Å². The summed E-state index contributed by atoms with van der Waals surface area (Å²) in [5.74, 6) is -0.893. The Morgan fingerprint density at radius 2 is 0.932 bits per heavy atom. The van der Waals surface area contributed by atoms with Gasteiger partial charge in [-0.15, -0.1) is 0 Å². The smallest absolute Gasteiger partial charge is 0.462 e. The van der Waals surface area contributed by atoms with Gasteiger partial charge in [-0.05, 0) is 51.4 Å². The number of phosphoric ester groups is 1. The molecular weight excluding hydrogens is 762 g/mol. The molecule has 0 aliphatic carbocycles. The van der Waals surface area contributed by atoms with Gasteiger partial charge in [0.2, 0.25) is 0 Å². The van der Waals surface area contributed by atoms with Crippen LogP contribution in [0.4, 0.5) is 0 Å². The third-order valence-electron chi connectivity index (χ3n) is 9.92. The van der Waals surface area contributed by atoms with Gasteiger partial charge in [0.15, 0.2) is 6.10 Å². The number of allylic oxidation sites excluding steroid dienone is 10. The number of phosphoric acid groups is 1. The molecule has 0 aromatic heterocycles. The van der Waals surface area contributed by atoms with Crippen LogP contribution in [0.25, 0.3) is 0 Å². The molecule has 1 unspecified atom stereocenters. The fourth-order valence-electron chi connectivity index (χ4n) is 6.44. The molecule has 0 amide bonds. The van der Waals surface area contributed by atoms with Gasteiger partial charge in [-0.3, -0.25) is 18.6 Å². The first-order valence-electron chi connectivity index (χ1n) is 23.8. The Kier molecular flexibility index (Phi) is 43.5. The maximum Gasteiger partial charge on any atom is 0.472 e. The standard InChI is InChI=1S/C49H88NO8P/c1-3-5-7-9-11-13-15-17-19-21-22-23-24-26-27-29-31-33-35-37-39-41-48(51)55-45-47(46-57-59(53,54)56-44-43-50)58-49(52)42-40-38-36-34-32-30-28-25-20-18-16-14-12-10-8-6-4-2/h6,8,12,14,18,20,28,30,34,36,47H,3-5,7,9-11,13,15-17,19,21-27,29,31-33,35,37-46,50H2,1-2H3,(H,53,54)/b8-6+,14-12+,20-18+,30-28+,36-34+/t47-/m1/s1. The summed E-state index contributed by atoms with van der Waals surface area (Å²) in [4.78, 5) is 34.9. The highest BCUT2D eigenvalue weighted by Crippen LogP contribution is 2.43. The van der Waals surface area contributed by atoms with Crippen molar-refractivity contribution >= 4 is 19.8 Å². The molecule has 0 heterocycles. The molecule has 0 aromatic carbocycles. The summed E-state index contributed by atoms with van der Waals surface area (Å²) in [5.41, 5.74) is 5.35. The first-order chi connectivity index (χ1) is 28.8. The molecule has 0 aromatic rings. The highest BCUT2D eigenvalue weighted by Gasteiger charge is 2.26. The van der Waals surface area contributed by atoms with Crippen LogP contribution in [0.3, 0.4) is 0 Å². The number of unbranched alkanes of at least 4 members (excludes halogenated alkanes) is 21. The van der Waals surface area contributed by atoms with Gasteiger partial charge in [-0.25, -0.2) is 4.57 Å². The molecule has 0 aliphatic rings. The molecule has 3 N–H and O–H groups in total. The van der Waals surface area contributed by atoms with E-state index in [1.807, 2.05) is 6.08 Å². The number of esters is 2. The van der Waals surface area contributed by atoms with Gasteiger partial charge < -0.3 is 20.1 Å². The average molecular weight is 850 g/mol. The van der Waals surface area contributed by atoms with Crippen molar-refractivity contribution in [2.24, 2.45) is 5.73 Å². The third-order valence-corrected chi connectivity index (χ3v) is 10.9. The van der Waals surface area contributed by atoms with E-state index in [2.05, 4.69) is 68.5 Å². The zero-order valence-corrected chi connectivity index (χ0v) is 38.6. The Morgan fingerprint density at radius 1 is 0.525 bits per heavy atom. The third kappa shape index (κ3) is 45.1. The highest BCUT2D eigenvalue weighted by atomic mass is 31.2. The lowest BCUT2D eigenvalue weighted by molar-refractivity contribution is -0.161. The maximum atomic E-state index is 12.6. The van der Waals surface area contributed by atoms with Crippen LogP contribution in [-0.2, 0) is 32.7 Å². The van der Waals surface area contributed by atoms with Crippen molar-refractivity contribution in [3.8, 4) is 0 Å². The van der Waals surface area contributed by atoms with Gasteiger partial charge in [0, 0.05) is 19.4 Å². The van der Waals surface area contributed by atoms with E-state index in [1.165, 1.54) is 116 Å². The minimum absolute atomic E-state index is 0.0430. The number of nitrogens with two attached hydrogens (primary N) is 1. The van der Waals surface area contributed by atoms with Gasteiger partial charge in [0.1, 0.15) is 6.61 Å². The Bertz CT molecular complexity index is 1150. The van der Waals surface area contributed by atoms with Gasteiger partial charge in [-0.1, -0.05) is 203 Å². The quantitative estimate of drug-likeness (QED) is 0.0266. The molecular formula is C49H88NO8P. The number of rotatable bonds is 44. The first-order valence-corrected chi connectivity index (χ1v) is 25.3.